The molecule has 1 aromatic carbocycles. The van der Waals surface area contributed by atoms with Crippen LogP contribution in [0.2, 0.25) is 0 Å². The lowest BCUT2D eigenvalue weighted by Crippen LogP contribution is -2.02. The van der Waals surface area contributed by atoms with Crippen LogP contribution in [0.5, 0.6) is 5.75 Å². The van der Waals surface area contributed by atoms with Gasteiger partial charge in [-0.05, 0) is 18.7 Å². The van der Waals surface area contributed by atoms with Crippen molar-refractivity contribution in [3.8, 4) is 17.0 Å². The molecule has 84 valence electrons. The molecular weight excluding hydrogens is 204 g/mol. The van der Waals surface area contributed by atoms with Gasteiger partial charge in [0.25, 0.3) is 0 Å². The summed E-state index contributed by atoms with van der Waals surface area (Å²) >= 11 is 0. The van der Waals surface area contributed by atoms with Crippen molar-refractivity contribution in [3.05, 3.63) is 36.4 Å². The Kier molecular flexibility index (Phi) is 3.22. The molecule has 4 nitrogen and oxygen atoms in total. The largest absolute Gasteiger partial charge is 0.497 e. The predicted molar refractivity (Wildman–Crippen MR) is 61.2 cm³/mol. The molecule has 0 aliphatic carbocycles. The van der Waals surface area contributed by atoms with Crippen LogP contribution in [-0.2, 0) is 6.42 Å². The van der Waals surface area contributed by atoms with E-state index in [1.165, 1.54) is 6.39 Å². The Morgan fingerprint density at radius 2 is 2.31 bits per heavy atom. The molecule has 4 heteroatoms. The molecule has 2 N–H and O–H groups in total. The lowest BCUT2D eigenvalue weighted by atomic mass is 10.1. The van der Waals surface area contributed by atoms with E-state index >= 15 is 0 Å². The molecule has 0 saturated heterocycles. The van der Waals surface area contributed by atoms with Crippen LogP contribution in [0.25, 0.3) is 11.3 Å². The van der Waals surface area contributed by atoms with E-state index in [9.17, 15) is 0 Å². The third-order valence-electron chi connectivity index (χ3n) is 2.36. The number of benzene rings is 1. The van der Waals surface area contributed by atoms with Gasteiger partial charge in [-0.25, -0.2) is 4.98 Å². The van der Waals surface area contributed by atoms with Crippen LogP contribution in [0.3, 0.4) is 0 Å². The van der Waals surface area contributed by atoms with Crippen molar-refractivity contribution in [2.45, 2.75) is 6.42 Å². The fourth-order valence-electron chi connectivity index (χ4n) is 1.58. The third kappa shape index (κ3) is 2.06. The van der Waals surface area contributed by atoms with Gasteiger partial charge in [0.05, 0.1) is 7.11 Å². The van der Waals surface area contributed by atoms with Crippen LogP contribution in [-0.4, -0.2) is 18.6 Å². The zero-order valence-corrected chi connectivity index (χ0v) is 9.14. The van der Waals surface area contributed by atoms with E-state index in [-0.39, 0.29) is 0 Å². The summed E-state index contributed by atoms with van der Waals surface area (Å²) in [5.41, 5.74) is 7.33. The highest BCUT2D eigenvalue weighted by atomic mass is 16.5. The average molecular weight is 218 g/mol. The number of aromatic nitrogens is 1. The van der Waals surface area contributed by atoms with Gasteiger partial charge in [0, 0.05) is 12.0 Å². The van der Waals surface area contributed by atoms with Gasteiger partial charge in [-0.2, -0.15) is 0 Å². The first kappa shape index (κ1) is 10.7. The number of ether oxygens (including phenoxy) is 1. The predicted octanol–water partition coefficient (Wildman–Crippen LogP) is 1.85. The summed E-state index contributed by atoms with van der Waals surface area (Å²) < 4.78 is 10.5. The van der Waals surface area contributed by atoms with Gasteiger partial charge in [0.1, 0.15) is 17.2 Å². The van der Waals surface area contributed by atoms with Gasteiger partial charge in [-0.3, -0.25) is 0 Å². The Labute approximate surface area is 94.1 Å². The first-order valence-corrected chi connectivity index (χ1v) is 5.12. The number of nitrogens with zero attached hydrogens (tertiary/aromatic N) is 1. The summed E-state index contributed by atoms with van der Waals surface area (Å²) in [6.07, 6.45) is 2.13. The third-order valence-corrected chi connectivity index (χ3v) is 2.36. The Hall–Kier alpha value is -1.81. The molecular formula is C12H14N2O2. The van der Waals surface area contributed by atoms with Gasteiger partial charge in [-0.15, -0.1) is 0 Å². The van der Waals surface area contributed by atoms with E-state index in [1.807, 2.05) is 24.3 Å². The molecule has 0 amide bonds. The van der Waals surface area contributed by atoms with Gasteiger partial charge >= 0.3 is 0 Å². The maximum absolute atomic E-state index is 5.51. The zero-order valence-electron chi connectivity index (χ0n) is 9.14. The van der Waals surface area contributed by atoms with Crippen molar-refractivity contribution in [1.29, 1.82) is 0 Å². The summed E-state index contributed by atoms with van der Waals surface area (Å²) in [6, 6.07) is 7.72. The molecule has 0 radical (unpaired) electrons. The second-order valence-corrected chi connectivity index (χ2v) is 3.39. The summed E-state index contributed by atoms with van der Waals surface area (Å²) in [6.45, 7) is 0.548. The summed E-state index contributed by atoms with van der Waals surface area (Å²) in [7, 11) is 1.64. The molecule has 0 fully saturated rings. The number of hydrogen-bond donors (Lipinski definition) is 1. The molecule has 1 heterocycles. The molecule has 0 aliphatic heterocycles. The summed E-state index contributed by atoms with van der Waals surface area (Å²) in [5, 5.41) is 0. The topological polar surface area (TPSA) is 61.3 Å². The number of nitrogens with two attached hydrogens (primary N) is 1. The number of hydrogen-bond acceptors (Lipinski definition) is 4. The van der Waals surface area contributed by atoms with Crippen LogP contribution in [0.15, 0.2) is 35.1 Å². The highest BCUT2D eigenvalue weighted by Gasteiger charge is 2.10. The van der Waals surface area contributed by atoms with Gasteiger partial charge in [0.15, 0.2) is 6.39 Å². The Balaban J connectivity index is 2.37. The Morgan fingerprint density at radius 1 is 1.44 bits per heavy atom. The SMILES string of the molecule is COc1cccc(-c2ncoc2CCN)c1. The zero-order chi connectivity index (χ0) is 11.4. The lowest BCUT2D eigenvalue weighted by molar-refractivity contribution is 0.415. The molecule has 0 unspecified atom stereocenters. The normalized spacial score (nSPS) is 10.4. The number of oxazole rings is 1. The fourth-order valence-corrected chi connectivity index (χ4v) is 1.58. The van der Waals surface area contributed by atoms with Crippen LogP contribution >= 0.6 is 0 Å². The summed E-state index contributed by atoms with van der Waals surface area (Å²) in [4.78, 5) is 4.20. The second-order valence-electron chi connectivity index (χ2n) is 3.39. The summed E-state index contributed by atoms with van der Waals surface area (Å²) in [5.74, 6) is 1.62. The van der Waals surface area contributed by atoms with Crippen molar-refractivity contribution in [3.63, 3.8) is 0 Å². The van der Waals surface area contributed by atoms with Crippen LogP contribution in [0, 0.1) is 0 Å². The monoisotopic (exact) mass is 218 g/mol. The van der Waals surface area contributed by atoms with Crippen molar-refractivity contribution in [2.24, 2.45) is 5.73 Å². The van der Waals surface area contributed by atoms with Gasteiger partial charge in [-0.1, -0.05) is 12.1 Å². The minimum absolute atomic E-state index is 0.548. The average Bonchev–Trinajstić information content (AvgIpc) is 2.78. The molecule has 0 atom stereocenters. The first-order valence-electron chi connectivity index (χ1n) is 5.12. The van der Waals surface area contributed by atoms with E-state index in [4.69, 9.17) is 14.9 Å². The highest BCUT2D eigenvalue weighted by molar-refractivity contribution is 5.62. The molecule has 0 aliphatic rings. The van der Waals surface area contributed by atoms with Gasteiger partial charge < -0.3 is 14.9 Å². The maximum atomic E-state index is 5.51. The minimum atomic E-state index is 0.548. The van der Waals surface area contributed by atoms with Crippen LogP contribution < -0.4 is 10.5 Å². The van der Waals surface area contributed by atoms with E-state index < -0.39 is 0 Å². The van der Waals surface area contributed by atoms with E-state index in [0.29, 0.717) is 13.0 Å². The quantitative estimate of drug-likeness (QED) is 0.850. The molecule has 16 heavy (non-hydrogen) atoms. The second kappa shape index (κ2) is 4.81. The minimum Gasteiger partial charge on any atom is -0.497 e. The molecule has 2 rings (SSSR count). The number of methoxy groups -OCH3 is 1. The maximum Gasteiger partial charge on any atom is 0.181 e. The Morgan fingerprint density at radius 3 is 3.06 bits per heavy atom. The van der Waals surface area contributed by atoms with E-state index in [1.54, 1.807) is 7.11 Å². The molecule has 0 spiro atoms. The van der Waals surface area contributed by atoms with Crippen molar-refractivity contribution in [1.82, 2.24) is 4.98 Å². The van der Waals surface area contributed by atoms with Crippen LogP contribution in [0.4, 0.5) is 0 Å². The highest BCUT2D eigenvalue weighted by Crippen LogP contribution is 2.25. The van der Waals surface area contributed by atoms with Crippen molar-refractivity contribution < 1.29 is 9.15 Å². The van der Waals surface area contributed by atoms with Crippen molar-refractivity contribution >= 4 is 0 Å². The van der Waals surface area contributed by atoms with E-state index in [2.05, 4.69) is 4.98 Å². The molecule has 0 saturated carbocycles. The molecule has 2 aromatic rings. The van der Waals surface area contributed by atoms with Gasteiger partial charge in [0.2, 0.25) is 0 Å². The molecule has 1 aromatic heterocycles. The smallest absolute Gasteiger partial charge is 0.181 e. The van der Waals surface area contributed by atoms with Crippen LogP contribution in [0.1, 0.15) is 5.76 Å². The first-order chi connectivity index (χ1) is 7.85. The standard InChI is InChI=1S/C12H14N2O2/c1-15-10-4-2-3-9(7-10)12-11(5-6-13)16-8-14-12/h2-4,7-8H,5-6,13H2,1H3. The van der Waals surface area contributed by atoms with E-state index in [0.717, 1.165) is 22.8 Å². The Bertz CT molecular complexity index is 466. The molecule has 0 bridgehead atoms. The van der Waals surface area contributed by atoms with Crippen molar-refractivity contribution in [2.75, 3.05) is 13.7 Å². The fraction of sp³-hybridized carbons (Fsp3) is 0.250. The number of rotatable bonds is 4. The lowest BCUT2D eigenvalue weighted by Gasteiger charge is -2.03.